The van der Waals surface area contributed by atoms with Crippen LogP contribution in [0.15, 0.2) is 0 Å². The van der Waals surface area contributed by atoms with Crippen LogP contribution in [0.25, 0.3) is 0 Å². The third-order valence-corrected chi connectivity index (χ3v) is 3.69. The minimum Gasteiger partial charge on any atom is -0.481 e. The van der Waals surface area contributed by atoms with Crippen LogP contribution in [0, 0.1) is 11.3 Å². The van der Waals surface area contributed by atoms with E-state index >= 15 is 0 Å². The molecule has 3 N–H and O–H groups in total. The molecule has 0 aromatic rings. The second kappa shape index (κ2) is 9.37. The smallest absolute Gasteiger partial charge is 0.310 e. The Kier molecular flexibility index (Phi) is 8.66. The Morgan fingerprint density at radius 1 is 1.05 bits per heavy atom. The Bertz CT molecular complexity index is 363. The zero-order chi connectivity index (χ0) is 16.5. The topological polar surface area (TPSA) is 95.5 Å². The van der Waals surface area contributed by atoms with E-state index < -0.39 is 11.4 Å². The van der Waals surface area contributed by atoms with Crippen LogP contribution in [0.4, 0.5) is 0 Å². The molecule has 0 unspecified atom stereocenters. The molecule has 0 aromatic heterocycles. The molecule has 0 rings (SSSR count). The average Bonchev–Trinajstić information content (AvgIpc) is 2.42. The Morgan fingerprint density at radius 3 is 2.05 bits per heavy atom. The van der Waals surface area contributed by atoms with Crippen LogP contribution in [0.1, 0.15) is 53.4 Å². The Morgan fingerprint density at radius 2 is 1.62 bits per heavy atom. The highest BCUT2D eigenvalue weighted by atomic mass is 16.4. The molecule has 0 atom stereocenters. The third kappa shape index (κ3) is 7.11. The summed E-state index contributed by atoms with van der Waals surface area (Å²) in [6.45, 7) is 8.38. The van der Waals surface area contributed by atoms with Crippen molar-refractivity contribution in [2.75, 3.05) is 13.1 Å². The second-order valence-electron chi connectivity index (χ2n) is 5.77. The van der Waals surface area contributed by atoms with Crippen molar-refractivity contribution < 1.29 is 19.5 Å². The van der Waals surface area contributed by atoms with Gasteiger partial charge in [-0.05, 0) is 18.8 Å². The predicted molar refractivity (Wildman–Crippen MR) is 80.7 cm³/mol. The number of carbonyl (C=O) groups is 3. The lowest BCUT2D eigenvalue weighted by Gasteiger charge is -2.25. The maximum atomic E-state index is 11.8. The van der Waals surface area contributed by atoms with Crippen molar-refractivity contribution in [2.24, 2.45) is 11.3 Å². The molecule has 0 spiro atoms. The number of carbonyl (C=O) groups excluding carboxylic acids is 2. The molecule has 0 saturated heterocycles. The summed E-state index contributed by atoms with van der Waals surface area (Å²) in [5.74, 6) is -0.997. The molecule has 0 radical (unpaired) electrons. The van der Waals surface area contributed by atoms with Gasteiger partial charge in [0.15, 0.2) is 0 Å². The highest BCUT2D eigenvalue weighted by Gasteiger charge is 2.36. The largest absolute Gasteiger partial charge is 0.481 e. The SMILES string of the molecule is CCC(CC)(CC(=O)NCCC(=O)NCC(C)C)C(=O)O. The molecule has 0 fully saturated rings. The van der Waals surface area contributed by atoms with E-state index in [9.17, 15) is 19.5 Å². The Labute approximate surface area is 126 Å². The van der Waals surface area contributed by atoms with Gasteiger partial charge in [-0.15, -0.1) is 0 Å². The zero-order valence-corrected chi connectivity index (χ0v) is 13.5. The van der Waals surface area contributed by atoms with Crippen LogP contribution in [-0.4, -0.2) is 36.0 Å². The standard InChI is InChI=1S/C15H28N2O4/c1-5-15(6-2,14(20)21)9-13(19)16-8-7-12(18)17-10-11(3)4/h11H,5-10H2,1-4H3,(H,16,19)(H,17,18)(H,20,21). The summed E-state index contributed by atoms with van der Waals surface area (Å²) in [5, 5.41) is 14.6. The Hall–Kier alpha value is -1.59. The number of hydrogen-bond donors (Lipinski definition) is 3. The third-order valence-electron chi connectivity index (χ3n) is 3.69. The summed E-state index contributed by atoms with van der Waals surface area (Å²) < 4.78 is 0. The van der Waals surface area contributed by atoms with Crippen LogP contribution in [-0.2, 0) is 14.4 Å². The first kappa shape index (κ1) is 19.4. The van der Waals surface area contributed by atoms with Crippen LogP contribution in [0.5, 0.6) is 0 Å². The second-order valence-corrected chi connectivity index (χ2v) is 5.77. The van der Waals surface area contributed by atoms with Gasteiger partial charge in [-0.1, -0.05) is 27.7 Å². The molecule has 2 amide bonds. The molecule has 0 aromatic carbocycles. The van der Waals surface area contributed by atoms with Gasteiger partial charge in [0.1, 0.15) is 0 Å². The molecular formula is C15H28N2O4. The molecular weight excluding hydrogens is 272 g/mol. The molecule has 6 heteroatoms. The van der Waals surface area contributed by atoms with Crippen LogP contribution >= 0.6 is 0 Å². The molecule has 0 aliphatic rings. The lowest BCUT2D eigenvalue weighted by Crippen LogP contribution is -2.38. The van der Waals surface area contributed by atoms with Crippen molar-refractivity contribution in [3.8, 4) is 0 Å². The normalized spacial score (nSPS) is 11.3. The van der Waals surface area contributed by atoms with Crippen molar-refractivity contribution in [3.63, 3.8) is 0 Å². The van der Waals surface area contributed by atoms with Crippen molar-refractivity contribution in [1.29, 1.82) is 0 Å². The van der Waals surface area contributed by atoms with Crippen LogP contribution < -0.4 is 10.6 Å². The monoisotopic (exact) mass is 300 g/mol. The maximum absolute atomic E-state index is 11.8. The van der Waals surface area contributed by atoms with Gasteiger partial charge in [0, 0.05) is 25.9 Å². The Balaban J connectivity index is 4.15. The van der Waals surface area contributed by atoms with Gasteiger partial charge in [0.05, 0.1) is 5.41 Å². The fourth-order valence-electron chi connectivity index (χ4n) is 1.97. The van der Waals surface area contributed by atoms with E-state index in [-0.39, 0.29) is 31.2 Å². The van der Waals surface area contributed by atoms with E-state index in [4.69, 9.17) is 0 Å². The van der Waals surface area contributed by atoms with Crippen molar-refractivity contribution in [3.05, 3.63) is 0 Å². The van der Waals surface area contributed by atoms with E-state index in [2.05, 4.69) is 10.6 Å². The van der Waals surface area contributed by atoms with Crippen molar-refractivity contribution >= 4 is 17.8 Å². The van der Waals surface area contributed by atoms with Gasteiger partial charge in [0.25, 0.3) is 0 Å². The summed E-state index contributed by atoms with van der Waals surface area (Å²) in [5.41, 5.74) is -1.01. The van der Waals surface area contributed by atoms with Gasteiger partial charge in [0.2, 0.25) is 11.8 Å². The highest BCUT2D eigenvalue weighted by Crippen LogP contribution is 2.30. The molecule has 0 bridgehead atoms. The first-order valence-electron chi connectivity index (χ1n) is 7.54. The molecule has 0 aliphatic heterocycles. The van der Waals surface area contributed by atoms with Crippen LogP contribution in [0.3, 0.4) is 0 Å². The molecule has 6 nitrogen and oxygen atoms in total. The molecule has 21 heavy (non-hydrogen) atoms. The fourth-order valence-corrected chi connectivity index (χ4v) is 1.97. The van der Waals surface area contributed by atoms with E-state index in [1.807, 2.05) is 13.8 Å². The maximum Gasteiger partial charge on any atom is 0.310 e. The van der Waals surface area contributed by atoms with Gasteiger partial charge in [-0.25, -0.2) is 0 Å². The molecule has 0 aliphatic carbocycles. The summed E-state index contributed by atoms with van der Waals surface area (Å²) in [4.78, 5) is 34.6. The van der Waals surface area contributed by atoms with E-state index in [1.54, 1.807) is 13.8 Å². The molecule has 0 heterocycles. The summed E-state index contributed by atoms with van der Waals surface area (Å²) in [7, 11) is 0. The first-order valence-corrected chi connectivity index (χ1v) is 7.54. The highest BCUT2D eigenvalue weighted by molar-refractivity contribution is 5.85. The number of hydrogen-bond acceptors (Lipinski definition) is 3. The van der Waals surface area contributed by atoms with E-state index in [1.165, 1.54) is 0 Å². The minimum atomic E-state index is -1.01. The van der Waals surface area contributed by atoms with Gasteiger partial charge < -0.3 is 15.7 Å². The average molecular weight is 300 g/mol. The molecule has 0 saturated carbocycles. The minimum absolute atomic E-state index is 0.0526. The van der Waals surface area contributed by atoms with Crippen LogP contribution in [0.2, 0.25) is 0 Å². The van der Waals surface area contributed by atoms with Crippen molar-refractivity contribution in [2.45, 2.75) is 53.4 Å². The van der Waals surface area contributed by atoms with Crippen molar-refractivity contribution in [1.82, 2.24) is 10.6 Å². The van der Waals surface area contributed by atoms with E-state index in [0.717, 1.165) is 0 Å². The summed E-state index contributed by atoms with van der Waals surface area (Å²) in [6.07, 6.45) is 0.960. The number of amides is 2. The fraction of sp³-hybridized carbons (Fsp3) is 0.800. The van der Waals surface area contributed by atoms with Gasteiger partial charge >= 0.3 is 5.97 Å². The number of rotatable bonds is 10. The van der Waals surface area contributed by atoms with Gasteiger partial charge in [-0.2, -0.15) is 0 Å². The predicted octanol–water partition coefficient (Wildman–Crippen LogP) is 1.55. The first-order chi connectivity index (χ1) is 9.77. The lowest BCUT2D eigenvalue weighted by atomic mass is 9.79. The lowest BCUT2D eigenvalue weighted by molar-refractivity contribution is -0.152. The number of carboxylic acid groups (broad SMARTS) is 1. The van der Waals surface area contributed by atoms with Gasteiger partial charge in [-0.3, -0.25) is 14.4 Å². The molecule has 122 valence electrons. The number of nitrogens with one attached hydrogen (secondary N) is 2. The number of aliphatic carboxylic acids is 1. The summed E-state index contributed by atoms with van der Waals surface area (Å²) in [6, 6.07) is 0. The number of carboxylic acids is 1. The van der Waals surface area contributed by atoms with E-state index in [0.29, 0.717) is 25.3 Å². The zero-order valence-electron chi connectivity index (χ0n) is 13.5. The summed E-state index contributed by atoms with van der Waals surface area (Å²) >= 11 is 0. The quantitative estimate of drug-likeness (QED) is 0.570.